The summed E-state index contributed by atoms with van der Waals surface area (Å²) in [5.74, 6) is -1.17. The number of esters is 1. The Morgan fingerprint density at radius 3 is 2.35 bits per heavy atom. The third kappa shape index (κ3) is 10.3. The number of β-lactam (4-membered cyclic amide) rings is 1. The third-order valence-electron chi connectivity index (χ3n) is 11.7. The maximum atomic E-state index is 14.4. The van der Waals surface area contributed by atoms with Crippen molar-refractivity contribution in [3.8, 4) is 17.1 Å². The van der Waals surface area contributed by atoms with Crippen LogP contribution in [0.15, 0.2) is 131 Å². The van der Waals surface area contributed by atoms with E-state index in [-0.39, 0.29) is 59.5 Å². The average Bonchev–Trinajstić information content (AvgIpc) is 3.87. The number of rotatable bonds is 13. The molecular weight excluding hydrogens is 952 g/mol. The summed E-state index contributed by atoms with van der Waals surface area (Å²) in [5.41, 5.74) is 1.93. The fourth-order valence-electron chi connectivity index (χ4n) is 8.35. The van der Waals surface area contributed by atoms with E-state index in [1.165, 1.54) is 51.1 Å². The molecule has 0 spiro atoms. The molecule has 0 saturated carbocycles. The summed E-state index contributed by atoms with van der Waals surface area (Å²) in [6.07, 6.45) is -0.187. The lowest BCUT2D eigenvalue weighted by molar-refractivity contribution is -0.154. The first-order valence-electron chi connectivity index (χ1n) is 21.7. The van der Waals surface area contributed by atoms with Gasteiger partial charge in [0.1, 0.15) is 35.3 Å². The van der Waals surface area contributed by atoms with Crippen LogP contribution in [-0.2, 0) is 30.3 Å². The lowest BCUT2D eigenvalue weighted by atomic mass is 10.0. The highest BCUT2D eigenvalue weighted by atomic mass is 35.5. The summed E-state index contributed by atoms with van der Waals surface area (Å²) in [5, 5.41) is 7.86. The molecule has 4 amide bonds. The van der Waals surface area contributed by atoms with Crippen molar-refractivity contribution in [1.29, 1.82) is 0 Å². The molecule has 2 fully saturated rings. The van der Waals surface area contributed by atoms with Crippen molar-refractivity contribution < 1.29 is 38.2 Å². The number of halogens is 2. The molecule has 3 aliphatic heterocycles. The highest BCUT2D eigenvalue weighted by molar-refractivity contribution is 8.00. The molecule has 68 heavy (non-hydrogen) atoms. The van der Waals surface area contributed by atoms with Crippen molar-refractivity contribution in [3.63, 3.8) is 0 Å². The standard InChI is InChI=1S/C49H42Cl2N6O9S2/c50-31-16-18-37-35(22-31)44(59)55-43(53-37)36-23-32(51)17-19-38(36)65-49(63)56-20-8-7-14-33(56)25-52-48(62)64-26-30-27-68-46-40(54-39(58)24-34-15-9-21-67-34)45(60)57(46)41(30)47(61)66-42(28-10-3-1-4-11-28)29-12-5-2-6-13-29/h1-6,9-13,15-19,21-23,33,40,42,46H,7-8,14,20,24-27H2,(H,52,62)(H,54,58)(H,53,55,59)/t33?,40-,46-/m1/s1. The minimum atomic E-state index is -0.879. The van der Waals surface area contributed by atoms with E-state index in [1.807, 2.05) is 78.2 Å². The van der Waals surface area contributed by atoms with Crippen LogP contribution in [0.1, 0.15) is 41.4 Å². The van der Waals surface area contributed by atoms with E-state index in [4.69, 9.17) is 37.4 Å². The maximum absolute atomic E-state index is 14.4. The monoisotopic (exact) mass is 992 g/mol. The van der Waals surface area contributed by atoms with E-state index in [1.54, 1.807) is 18.2 Å². The number of nitrogens with zero attached hydrogens (tertiary/aromatic N) is 3. The van der Waals surface area contributed by atoms with Gasteiger partial charge in [-0.25, -0.2) is 19.4 Å². The predicted octanol–water partition coefficient (Wildman–Crippen LogP) is 8.27. The van der Waals surface area contributed by atoms with E-state index >= 15 is 0 Å². The van der Waals surface area contributed by atoms with E-state index in [9.17, 15) is 28.8 Å². The van der Waals surface area contributed by atoms with E-state index in [0.717, 1.165) is 11.3 Å². The fourth-order valence-corrected chi connectivity index (χ4v) is 10.7. The Morgan fingerprint density at radius 1 is 0.882 bits per heavy atom. The first-order valence-corrected chi connectivity index (χ1v) is 24.4. The van der Waals surface area contributed by atoms with Gasteiger partial charge >= 0.3 is 18.2 Å². The largest absolute Gasteiger partial charge is 0.448 e. The second kappa shape index (κ2) is 20.7. The molecule has 15 nitrogen and oxygen atoms in total. The zero-order valence-corrected chi connectivity index (χ0v) is 39.2. The normalized spacial score (nSPS) is 17.9. The summed E-state index contributed by atoms with van der Waals surface area (Å²) >= 11 is 15.2. The van der Waals surface area contributed by atoms with Crippen molar-refractivity contribution in [2.24, 2.45) is 0 Å². The van der Waals surface area contributed by atoms with Crippen LogP contribution in [0.25, 0.3) is 22.3 Å². The lowest BCUT2D eigenvalue weighted by Gasteiger charge is -2.49. The van der Waals surface area contributed by atoms with Crippen LogP contribution in [0.5, 0.6) is 5.75 Å². The van der Waals surface area contributed by atoms with Gasteiger partial charge in [-0.2, -0.15) is 0 Å². The summed E-state index contributed by atoms with van der Waals surface area (Å²) in [6, 6.07) is 30.1. The number of thiophene rings is 1. The zero-order valence-electron chi connectivity index (χ0n) is 36.0. The van der Waals surface area contributed by atoms with Gasteiger partial charge < -0.3 is 34.7 Å². The van der Waals surface area contributed by atoms with Crippen molar-refractivity contribution in [3.05, 3.63) is 162 Å². The second-order valence-corrected chi connectivity index (χ2v) is 19.2. The number of thioether (sulfide) groups is 1. The number of H-pyrrole nitrogens is 1. The number of fused-ring (bicyclic) bond motifs is 2. The van der Waals surface area contributed by atoms with Crippen LogP contribution < -0.4 is 20.9 Å². The number of likely N-dealkylation sites (tertiary alicyclic amines) is 1. The molecule has 1 unspecified atom stereocenters. The molecule has 6 aromatic rings. The molecule has 348 valence electrons. The topological polar surface area (TPSA) is 189 Å². The summed E-state index contributed by atoms with van der Waals surface area (Å²) in [7, 11) is 0. The van der Waals surface area contributed by atoms with E-state index < -0.39 is 53.2 Å². The van der Waals surface area contributed by atoms with Crippen molar-refractivity contribution >= 4 is 87.2 Å². The smallest absolute Gasteiger partial charge is 0.415 e. The Morgan fingerprint density at radius 2 is 1.62 bits per heavy atom. The van der Waals surface area contributed by atoms with Gasteiger partial charge in [0.05, 0.1) is 28.9 Å². The van der Waals surface area contributed by atoms with E-state index in [0.29, 0.717) is 51.6 Å². The SMILES string of the molecule is O=C(Cc1cccs1)N[C@@H]1C(=O)N2C(C(=O)OC(c3ccccc3)c3ccccc3)=C(COC(=O)NCC3CCCCN3C(=O)Oc3ccc(Cl)cc3-c3nc4ccc(Cl)cc4c(=O)[nH]3)CS[C@H]12. The predicted molar refractivity (Wildman–Crippen MR) is 258 cm³/mol. The maximum Gasteiger partial charge on any atom is 0.415 e. The Balaban J connectivity index is 0.892. The number of nitrogens with one attached hydrogen (secondary N) is 3. The number of aromatic amines is 1. The number of piperidine rings is 1. The van der Waals surface area contributed by atoms with E-state index in [2.05, 4.69) is 20.6 Å². The zero-order chi connectivity index (χ0) is 47.3. The highest BCUT2D eigenvalue weighted by Crippen LogP contribution is 2.42. The molecule has 19 heteroatoms. The number of carbonyl (C=O) groups is 5. The van der Waals surface area contributed by atoms with Gasteiger partial charge in [0.2, 0.25) is 5.91 Å². The number of hydrogen-bond donors (Lipinski definition) is 3. The first-order chi connectivity index (χ1) is 33.0. The van der Waals surface area contributed by atoms with Gasteiger partial charge in [0.15, 0.2) is 6.10 Å². The first kappa shape index (κ1) is 46.5. The van der Waals surface area contributed by atoms with Crippen LogP contribution in [0.4, 0.5) is 9.59 Å². The number of hydrogen-bond acceptors (Lipinski definition) is 12. The van der Waals surface area contributed by atoms with Crippen LogP contribution in [0, 0.1) is 0 Å². The van der Waals surface area contributed by atoms with Crippen LogP contribution in [0.3, 0.4) is 0 Å². The Kier molecular flexibility index (Phi) is 14.1. The van der Waals surface area contributed by atoms with Gasteiger partial charge in [-0.1, -0.05) is 89.9 Å². The molecule has 3 N–H and O–H groups in total. The number of benzene rings is 4. The minimum absolute atomic E-state index is 0.0155. The molecule has 0 radical (unpaired) electrons. The minimum Gasteiger partial charge on any atom is -0.448 e. The number of ether oxygens (including phenoxy) is 3. The number of alkyl carbamates (subject to hydrolysis) is 1. The molecule has 2 aromatic heterocycles. The molecular formula is C49H42Cl2N6O9S2. The quantitative estimate of drug-likeness (QED) is 0.0746. The molecule has 5 heterocycles. The molecule has 4 aromatic carbocycles. The van der Waals surface area contributed by atoms with Crippen LogP contribution in [-0.4, -0.2) is 92.6 Å². The lowest BCUT2D eigenvalue weighted by Crippen LogP contribution is -2.70. The molecule has 0 aliphatic carbocycles. The molecule has 2 saturated heterocycles. The summed E-state index contributed by atoms with van der Waals surface area (Å²) in [6.45, 7) is 0.00378. The van der Waals surface area contributed by atoms with Crippen LogP contribution >= 0.6 is 46.3 Å². The average molecular weight is 994 g/mol. The summed E-state index contributed by atoms with van der Waals surface area (Å²) in [4.78, 5) is 92.6. The van der Waals surface area contributed by atoms with Crippen molar-refractivity contribution in [2.45, 2.75) is 49.2 Å². The molecule has 3 aliphatic rings. The van der Waals surface area contributed by atoms with Crippen LogP contribution in [0.2, 0.25) is 10.0 Å². The van der Waals surface area contributed by atoms with Gasteiger partial charge in [0, 0.05) is 39.3 Å². The molecule has 3 atom stereocenters. The van der Waals surface area contributed by atoms with Crippen molar-refractivity contribution in [2.75, 3.05) is 25.4 Å². The van der Waals surface area contributed by atoms with Gasteiger partial charge in [-0.15, -0.1) is 23.1 Å². The number of amides is 4. The van der Waals surface area contributed by atoms with Gasteiger partial charge in [-0.05, 0) is 78.2 Å². The number of aromatic nitrogens is 2. The Labute approximate surface area is 407 Å². The molecule has 0 bridgehead atoms. The van der Waals surface area contributed by atoms with Gasteiger partial charge in [0.25, 0.3) is 11.5 Å². The fraction of sp³-hybridized carbons (Fsp3) is 0.245. The second-order valence-electron chi connectivity index (χ2n) is 16.2. The Hall–Kier alpha value is -6.66. The van der Waals surface area contributed by atoms with Gasteiger partial charge in [-0.3, -0.25) is 19.3 Å². The number of carbonyl (C=O) groups excluding carboxylic acids is 5. The Bertz CT molecular complexity index is 2940. The summed E-state index contributed by atoms with van der Waals surface area (Å²) < 4.78 is 17.9. The highest BCUT2D eigenvalue weighted by Gasteiger charge is 2.55. The van der Waals surface area contributed by atoms with Crippen molar-refractivity contribution in [1.82, 2.24) is 30.4 Å². The third-order valence-corrected chi connectivity index (χ3v) is 14.4. The molecule has 9 rings (SSSR count).